The van der Waals surface area contributed by atoms with E-state index in [1.54, 1.807) is 0 Å². The molecule has 224 valence electrons. The molecular formula is C44H27N3S. The van der Waals surface area contributed by atoms with E-state index in [1.807, 2.05) is 15.9 Å². The molecule has 0 atom stereocenters. The monoisotopic (exact) mass is 629 g/mol. The molecule has 0 spiro atoms. The molecule has 6 aromatic carbocycles. The number of aromatic nitrogens is 3. The lowest BCUT2D eigenvalue weighted by Crippen LogP contribution is -2.28. The van der Waals surface area contributed by atoms with Crippen molar-refractivity contribution in [2.45, 2.75) is 5.41 Å². The Morgan fingerprint density at radius 3 is 2.04 bits per heavy atom. The normalized spacial score (nSPS) is 13.6. The minimum absolute atomic E-state index is 0.447. The van der Waals surface area contributed by atoms with Crippen molar-refractivity contribution < 1.29 is 0 Å². The zero-order valence-electron chi connectivity index (χ0n) is 25.8. The van der Waals surface area contributed by atoms with E-state index >= 15 is 0 Å². The molecule has 10 aromatic rings. The summed E-state index contributed by atoms with van der Waals surface area (Å²) in [5.41, 5.74) is 10.8. The summed E-state index contributed by atoms with van der Waals surface area (Å²) in [4.78, 5) is 0. The van der Waals surface area contributed by atoms with E-state index in [-0.39, 0.29) is 0 Å². The summed E-state index contributed by atoms with van der Waals surface area (Å²) in [5.74, 6) is 0.928. The molecule has 0 unspecified atom stereocenters. The van der Waals surface area contributed by atoms with Gasteiger partial charge in [0, 0.05) is 33.1 Å². The first-order chi connectivity index (χ1) is 23.8. The lowest BCUT2D eigenvalue weighted by molar-refractivity contribution is 0.769. The minimum Gasteiger partial charge on any atom is -0.291 e. The van der Waals surface area contributed by atoms with Crippen LogP contribution in [0.25, 0.3) is 64.4 Å². The van der Waals surface area contributed by atoms with Gasteiger partial charge >= 0.3 is 0 Å². The molecule has 4 heterocycles. The Kier molecular flexibility index (Phi) is 5.19. The zero-order valence-corrected chi connectivity index (χ0v) is 26.7. The summed E-state index contributed by atoms with van der Waals surface area (Å²) in [7, 11) is 0. The van der Waals surface area contributed by atoms with E-state index in [2.05, 4.69) is 168 Å². The third-order valence-corrected chi connectivity index (χ3v) is 11.6. The molecule has 0 saturated carbocycles. The molecule has 0 radical (unpaired) electrons. The number of fused-ring (bicyclic) bond motifs is 10. The third-order valence-electron chi connectivity index (χ3n) is 10.4. The van der Waals surface area contributed by atoms with Crippen LogP contribution in [-0.2, 0) is 5.41 Å². The molecule has 48 heavy (non-hydrogen) atoms. The van der Waals surface area contributed by atoms with Crippen LogP contribution in [-0.4, -0.2) is 14.2 Å². The Hall–Kier alpha value is -5.97. The van der Waals surface area contributed by atoms with Gasteiger partial charge in [-0.15, -0.1) is 16.4 Å². The average Bonchev–Trinajstić information content (AvgIpc) is 3.88. The molecule has 0 saturated heterocycles. The van der Waals surface area contributed by atoms with Crippen molar-refractivity contribution in [2.24, 2.45) is 0 Å². The summed E-state index contributed by atoms with van der Waals surface area (Å²) in [6.45, 7) is 0. The van der Waals surface area contributed by atoms with Crippen molar-refractivity contribution >= 4 is 58.8 Å². The SMILES string of the molecule is c1ccc(C2(c3ccccc3)c3ccccc3-c3cc4c(cc32)c2sc3ccccc3c2n4-c2cc3cc4ccccc4cn3n2)cc1. The Morgan fingerprint density at radius 1 is 0.542 bits per heavy atom. The first-order valence-electron chi connectivity index (χ1n) is 16.4. The van der Waals surface area contributed by atoms with Gasteiger partial charge in [0.25, 0.3) is 0 Å². The fourth-order valence-electron chi connectivity index (χ4n) is 8.40. The van der Waals surface area contributed by atoms with Crippen molar-refractivity contribution in [2.75, 3.05) is 0 Å². The van der Waals surface area contributed by atoms with Gasteiger partial charge in [0.1, 0.15) is 0 Å². The van der Waals surface area contributed by atoms with Crippen LogP contribution in [0.15, 0.2) is 164 Å². The average molecular weight is 630 g/mol. The van der Waals surface area contributed by atoms with E-state index in [4.69, 9.17) is 5.10 Å². The summed E-state index contributed by atoms with van der Waals surface area (Å²) in [6, 6.07) is 57.8. The second-order valence-corrected chi connectivity index (χ2v) is 13.9. The van der Waals surface area contributed by atoms with Crippen LogP contribution in [0.1, 0.15) is 22.3 Å². The van der Waals surface area contributed by atoms with Gasteiger partial charge in [-0.1, -0.05) is 127 Å². The fraction of sp³-hybridized carbons (Fsp3) is 0.0227. The number of hydrogen-bond donors (Lipinski definition) is 0. The maximum absolute atomic E-state index is 5.24. The van der Waals surface area contributed by atoms with Gasteiger partial charge in [-0.2, -0.15) is 0 Å². The van der Waals surface area contributed by atoms with Gasteiger partial charge in [0.15, 0.2) is 5.82 Å². The second-order valence-electron chi connectivity index (χ2n) is 12.8. The molecule has 3 nitrogen and oxygen atoms in total. The number of rotatable bonds is 3. The van der Waals surface area contributed by atoms with Crippen LogP contribution in [0.2, 0.25) is 0 Å². The number of benzene rings is 6. The highest BCUT2D eigenvalue weighted by Gasteiger charge is 2.46. The molecule has 1 aliphatic rings. The minimum atomic E-state index is -0.447. The molecule has 0 aliphatic heterocycles. The number of nitrogens with zero attached hydrogens (tertiary/aromatic N) is 3. The van der Waals surface area contributed by atoms with E-state index in [9.17, 15) is 0 Å². The molecule has 11 rings (SSSR count). The molecule has 4 aromatic heterocycles. The van der Waals surface area contributed by atoms with Gasteiger partial charge in [-0.3, -0.25) is 4.57 Å². The highest BCUT2D eigenvalue weighted by Crippen LogP contribution is 2.58. The van der Waals surface area contributed by atoms with Gasteiger partial charge in [-0.25, -0.2) is 4.52 Å². The number of thiophene rings is 1. The first-order valence-corrected chi connectivity index (χ1v) is 17.2. The fourth-order valence-corrected chi connectivity index (χ4v) is 9.62. The Morgan fingerprint density at radius 2 is 1.23 bits per heavy atom. The van der Waals surface area contributed by atoms with Gasteiger partial charge in [0.05, 0.1) is 26.7 Å². The van der Waals surface area contributed by atoms with Crippen molar-refractivity contribution in [3.8, 4) is 16.9 Å². The largest absolute Gasteiger partial charge is 0.291 e. The summed E-state index contributed by atoms with van der Waals surface area (Å²) >= 11 is 1.88. The van der Waals surface area contributed by atoms with Crippen LogP contribution >= 0.6 is 11.3 Å². The molecular weight excluding hydrogens is 603 g/mol. The summed E-state index contributed by atoms with van der Waals surface area (Å²) in [5, 5.41) is 10.1. The maximum atomic E-state index is 5.24. The topological polar surface area (TPSA) is 22.2 Å². The van der Waals surface area contributed by atoms with Gasteiger partial charge in [0.2, 0.25) is 0 Å². The predicted octanol–water partition coefficient (Wildman–Crippen LogP) is 11.2. The Labute approximate surface area is 280 Å². The van der Waals surface area contributed by atoms with Crippen molar-refractivity contribution in [3.63, 3.8) is 0 Å². The lowest BCUT2D eigenvalue weighted by atomic mass is 9.67. The molecule has 0 bridgehead atoms. The standard InChI is InChI=1S/C44H27N3S/c1-3-15-30(16-4-1)44(31-17-5-2-6-18-31)37-21-11-9-19-33(37)35-26-39-36(25-38(35)44)43-42(34-20-10-12-22-40(34)48-43)47(39)41-24-32-23-28-13-7-8-14-29(28)27-46(32)45-41/h1-27H. The van der Waals surface area contributed by atoms with E-state index < -0.39 is 5.41 Å². The van der Waals surface area contributed by atoms with Crippen molar-refractivity contribution in [1.82, 2.24) is 14.2 Å². The zero-order chi connectivity index (χ0) is 31.4. The predicted molar refractivity (Wildman–Crippen MR) is 200 cm³/mol. The number of pyridine rings is 1. The van der Waals surface area contributed by atoms with E-state index in [1.165, 1.54) is 75.4 Å². The van der Waals surface area contributed by atoms with Crippen LogP contribution in [0.3, 0.4) is 0 Å². The van der Waals surface area contributed by atoms with Crippen LogP contribution in [0.5, 0.6) is 0 Å². The molecule has 1 aliphatic carbocycles. The van der Waals surface area contributed by atoms with Crippen molar-refractivity contribution in [3.05, 3.63) is 186 Å². The summed E-state index contributed by atoms with van der Waals surface area (Å²) < 4.78 is 7.02. The lowest BCUT2D eigenvalue weighted by Gasteiger charge is -2.33. The summed E-state index contributed by atoms with van der Waals surface area (Å²) in [6.07, 6.45) is 2.14. The molecule has 0 N–H and O–H groups in total. The van der Waals surface area contributed by atoms with Gasteiger partial charge in [-0.05, 0) is 63.0 Å². The quantitative estimate of drug-likeness (QED) is 0.191. The van der Waals surface area contributed by atoms with Crippen LogP contribution in [0, 0.1) is 0 Å². The van der Waals surface area contributed by atoms with Gasteiger partial charge < -0.3 is 0 Å². The maximum Gasteiger partial charge on any atom is 0.160 e. The molecule has 0 amide bonds. The Balaban J connectivity index is 1.30. The highest BCUT2D eigenvalue weighted by atomic mass is 32.1. The van der Waals surface area contributed by atoms with Crippen LogP contribution < -0.4 is 0 Å². The third kappa shape index (κ3) is 3.34. The van der Waals surface area contributed by atoms with Crippen LogP contribution in [0.4, 0.5) is 0 Å². The van der Waals surface area contributed by atoms with E-state index in [0.29, 0.717) is 0 Å². The second kappa shape index (κ2) is 9.54. The smallest absolute Gasteiger partial charge is 0.160 e. The number of hydrogen-bond acceptors (Lipinski definition) is 2. The first kappa shape index (κ1) is 26.1. The molecule has 0 fully saturated rings. The van der Waals surface area contributed by atoms with E-state index in [0.717, 1.165) is 11.3 Å². The Bertz CT molecular complexity index is 2800. The highest BCUT2D eigenvalue weighted by molar-refractivity contribution is 7.26. The molecule has 4 heteroatoms. The van der Waals surface area contributed by atoms with Crippen molar-refractivity contribution in [1.29, 1.82) is 0 Å².